The maximum Gasteiger partial charge on any atom is 0.276 e. The Balaban J connectivity index is 1.40. The monoisotopic (exact) mass is 425 g/mol. The lowest BCUT2D eigenvalue weighted by Gasteiger charge is -2.05. The average Bonchev–Trinajstić information content (AvgIpc) is 3.47. The second-order valence-electron chi connectivity index (χ2n) is 7.41. The predicted octanol–water partition coefficient (Wildman–Crippen LogP) is 4.30. The molecule has 1 amide bonds. The van der Waals surface area contributed by atoms with Gasteiger partial charge in [0.15, 0.2) is 5.78 Å². The average molecular weight is 425 g/mol. The third-order valence-electron chi connectivity index (χ3n) is 5.29. The quantitative estimate of drug-likeness (QED) is 0.448. The first-order valence-corrected chi connectivity index (χ1v) is 10.1. The smallest absolute Gasteiger partial charge is 0.276 e. The highest BCUT2D eigenvalue weighted by Crippen LogP contribution is 2.23. The number of aromatic nitrogens is 3. The van der Waals surface area contributed by atoms with Crippen LogP contribution >= 0.6 is 0 Å². The van der Waals surface area contributed by atoms with E-state index in [2.05, 4.69) is 25.3 Å². The summed E-state index contributed by atoms with van der Waals surface area (Å²) in [6, 6.07) is 12.6. The summed E-state index contributed by atoms with van der Waals surface area (Å²) in [6.07, 6.45) is 6.20. The second kappa shape index (κ2) is 8.07. The Hall–Kier alpha value is -4.33. The van der Waals surface area contributed by atoms with Crippen LogP contribution in [-0.2, 0) is 0 Å². The minimum atomic E-state index is -0.409. The molecule has 1 aliphatic heterocycles. The Morgan fingerprint density at radius 2 is 2.06 bits per heavy atom. The van der Waals surface area contributed by atoms with Crippen LogP contribution in [-0.4, -0.2) is 39.5 Å². The summed E-state index contributed by atoms with van der Waals surface area (Å²) in [6.45, 7) is 0. The molecule has 158 valence electrons. The molecule has 4 aromatic rings. The number of benzene rings is 2. The molecule has 2 N–H and O–H groups in total. The Kier molecular flexibility index (Phi) is 4.95. The summed E-state index contributed by atoms with van der Waals surface area (Å²) in [7, 11) is 1.59. The van der Waals surface area contributed by atoms with E-state index in [0.717, 1.165) is 16.5 Å². The molecule has 3 heterocycles. The number of nitrogens with one attached hydrogen (secondary N) is 2. The number of fused-ring (bicyclic) bond motifs is 2. The van der Waals surface area contributed by atoms with Crippen LogP contribution in [0.4, 0.5) is 5.95 Å². The van der Waals surface area contributed by atoms with E-state index in [1.54, 1.807) is 37.7 Å². The lowest BCUT2D eigenvalue weighted by Crippen LogP contribution is -2.14. The van der Waals surface area contributed by atoms with Crippen molar-refractivity contribution in [3.8, 4) is 5.75 Å². The number of imidazole rings is 1. The highest BCUT2D eigenvalue weighted by Gasteiger charge is 2.18. The largest absolute Gasteiger partial charge is 0.497 e. The van der Waals surface area contributed by atoms with Gasteiger partial charge in [0.05, 0.1) is 12.6 Å². The Labute approximate surface area is 183 Å². The number of hydrogen-bond donors (Lipinski definition) is 2. The van der Waals surface area contributed by atoms with E-state index in [1.807, 2.05) is 30.3 Å². The Morgan fingerprint density at radius 3 is 2.88 bits per heavy atom. The highest BCUT2D eigenvalue weighted by atomic mass is 16.5. The van der Waals surface area contributed by atoms with Gasteiger partial charge in [0.2, 0.25) is 5.95 Å². The Morgan fingerprint density at radius 1 is 1.16 bits per heavy atom. The standard InChI is InChI=1S/C24H19N5O3/c1-32-17-8-7-14-13-26-20(11-15(14)10-17)23(31)29-24-27-19-6-2-5-18(22(19)28-24)21(30)12-16-4-3-9-25-16/h2-3,5-11,13H,4,12H2,1H3,(H2,27,28,29,31). The molecule has 2 aromatic carbocycles. The fourth-order valence-electron chi connectivity index (χ4n) is 3.66. The maximum atomic E-state index is 12.8. The maximum absolute atomic E-state index is 12.8. The first-order chi connectivity index (χ1) is 15.6. The van der Waals surface area contributed by atoms with Crippen LogP contribution in [0.25, 0.3) is 21.8 Å². The van der Waals surface area contributed by atoms with E-state index in [0.29, 0.717) is 28.8 Å². The number of para-hydroxylation sites is 1. The minimum absolute atomic E-state index is 0.0624. The molecule has 5 rings (SSSR count). The summed E-state index contributed by atoms with van der Waals surface area (Å²) >= 11 is 0. The molecule has 32 heavy (non-hydrogen) atoms. The van der Waals surface area contributed by atoms with E-state index in [9.17, 15) is 9.59 Å². The van der Waals surface area contributed by atoms with Crippen LogP contribution in [0.1, 0.15) is 33.7 Å². The van der Waals surface area contributed by atoms with Crippen molar-refractivity contribution in [2.24, 2.45) is 4.99 Å². The molecule has 0 aliphatic carbocycles. The summed E-state index contributed by atoms with van der Waals surface area (Å²) < 4.78 is 5.25. The number of nitrogens with zero attached hydrogens (tertiary/aromatic N) is 3. The third kappa shape index (κ3) is 3.74. The van der Waals surface area contributed by atoms with Gasteiger partial charge in [-0.1, -0.05) is 12.1 Å². The number of pyridine rings is 1. The number of methoxy groups -OCH3 is 1. The molecular weight excluding hydrogens is 406 g/mol. The first-order valence-electron chi connectivity index (χ1n) is 10.1. The lowest BCUT2D eigenvalue weighted by atomic mass is 10.0. The van der Waals surface area contributed by atoms with Crippen LogP contribution in [0.2, 0.25) is 0 Å². The van der Waals surface area contributed by atoms with Crippen molar-refractivity contribution in [1.29, 1.82) is 0 Å². The van der Waals surface area contributed by atoms with Gasteiger partial charge in [-0.15, -0.1) is 0 Å². The summed E-state index contributed by atoms with van der Waals surface area (Å²) in [5.41, 5.74) is 2.73. The van der Waals surface area contributed by atoms with Crippen molar-refractivity contribution in [3.63, 3.8) is 0 Å². The number of ketones is 1. The Bertz CT molecular complexity index is 1430. The van der Waals surface area contributed by atoms with Gasteiger partial charge < -0.3 is 9.72 Å². The van der Waals surface area contributed by atoms with Crippen LogP contribution in [0, 0.1) is 0 Å². The highest BCUT2D eigenvalue weighted by molar-refractivity contribution is 6.15. The number of aliphatic imine (C=N–C) groups is 1. The second-order valence-corrected chi connectivity index (χ2v) is 7.41. The molecule has 0 bridgehead atoms. The number of aromatic amines is 1. The van der Waals surface area contributed by atoms with E-state index >= 15 is 0 Å². The number of carbonyl (C=O) groups excluding carboxylic acids is 2. The number of ether oxygens (including phenoxy) is 1. The van der Waals surface area contributed by atoms with Gasteiger partial charge in [0.1, 0.15) is 17.0 Å². The van der Waals surface area contributed by atoms with Gasteiger partial charge in [-0.2, -0.15) is 0 Å². The van der Waals surface area contributed by atoms with Crippen LogP contribution in [0.3, 0.4) is 0 Å². The van der Waals surface area contributed by atoms with Gasteiger partial charge in [-0.05, 0) is 41.8 Å². The van der Waals surface area contributed by atoms with Crippen molar-refractivity contribution >= 4 is 45.2 Å². The molecule has 0 saturated heterocycles. The van der Waals surface area contributed by atoms with Gasteiger partial charge >= 0.3 is 0 Å². The minimum Gasteiger partial charge on any atom is -0.497 e. The van der Waals surface area contributed by atoms with Crippen molar-refractivity contribution in [2.75, 3.05) is 12.4 Å². The topological polar surface area (TPSA) is 109 Å². The lowest BCUT2D eigenvalue weighted by molar-refractivity contribution is 0.0998. The van der Waals surface area contributed by atoms with Gasteiger partial charge in [-0.25, -0.2) is 4.98 Å². The molecule has 0 fully saturated rings. The summed E-state index contributed by atoms with van der Waals surface area (Å²) in [4.78, 5) is 41.5. The SMILES string of the molecule is COc1ccc2cnc(C(=O)Nc3nc4c(C(=O)CC5=NC=CC5)cccc4[nH]3)cc2c1. The van der Waals surface area contributed by atoms with Crippen molar-refractivity contribution < 1.29 is 14.3 Å². The molecule has 1 aliphatic rings. The predicted molar refractivity (Wildman–Crippen MR) is 122 cm³/mol. The molecule has 0 unspecified atom stereocenters. The molecule has 0 saturated carbocycles. The van der Waals surface area contributed by atoms with E-state index in [4.69, 9.17) is 4.74 Å². The first kappa shape index (κ1) is 19.6. The normalized spacial score (nSPS) is 12.8. The number of H-pyrrole nitrogens is 1. The molecule has 8 heteroatoms. The number of amides is 1. The fourth-order valence-corrected chi connectivity index (χ4v) is 3.66. The number of Topliss-reactive ketones (excluding diaryl/α,β-unsaturated/α-hetero) is 1. The van der Waals surface area contributed by atoms with E-state index < -0.39 is 5.91 Å². The summed E-state index contributed by atoms with van der Waals surface area (Å²) in [5.74, 6) is 0.474. The van der Waals surface area contributed by atoms with E-state index in [1.165, 1.54) is 0 Å². The van der Waals surface area contributed by atoms with Gasteiger partial charge in [0.25, 0.3) is 5.91 Å². The molecule has 0 atom stereocenters. The summed E-state index contributed by atoms with van der Waals surface area (Å²) in [5, 5.41) is 4.47. The number of hydrogen-bond acceptors (Lipinski definition) is 6. The molecule has 8 nitrogen and oxygen atoms in total. The zero-order valence-corrected chi connectivity index (χ0v) is 17.3. The van der Waals surface area contributed by atoms with Crippen LogP contribution < -0.4 is 10.1 Å². The van der Waals surface area contributed by atoms with Gasteiger partial charge in [-0.3, -0.25) is 24.9 Å². The zero-order valence-electron chi connectivity index (χ0n) is 17.3. The van der Waals surface area contributed by atoms with Crippen LogP contribution in [0.5, 0.6) is 5.75 Å². The third-order valence-corrected chi connectivity index (χ3v) is 5.29. The van der Waals surface area contributed by atoms with E-state index in [-0.39, 0.29) is 23.8 Å². The van der Waals surface area contributed by atoms with Crippen molar-refractivity contribution in [2.45, 2.75) is 12.8 Å². The fraction of sp³-hybridized carbons (Fsp3) is 0.125. The number of carbonyl (C=O) groups is 2. The molecular formula is C24H19N5O3. The zero-order chi connectivity index (χ0) is 22.1. The van der Waals surface area contributed by atoms with Crippen molar-refractivity contribution in [3.05, 3.63) is 72.2 Å². The number of rotatable bonds is 6. The molecule has 0 radical (unpaired) electrons. The molecule has 0 spiro atoms. The van der Waals surface area contributed by atoms with Crippen molar-refractivity contribution in [1.82, 2.24) is 15.0 Å². The van der Waals surface area contributed by atoms with Crippen LogP contribution in [0.15, 0.2) is 65.9 Å². The number of anilines is 1. The molecule has 2 aromatic heterocycles. The number of allylic oxidation sites excluding steroid dienone is 1. The van der Waals surface area contributed by atoms with Gasteiger partial charge in [0, 0.05) is 41.9 Å².